The van der Waals surface area contributed by atoms with Crippen molar-refractivity contribution in [2.45, 2.75) is 50.2 Å². The van der Waals surface area contributed by atoms with Crippen LogP contribution in [0.3, 0.4) is 0 Å². The van der Waals surface area contributed by atoms with E-state index in [0.29, 0.717) is 24.0 Å². The SMILES string of the molecule is C[C@H](CO)N1C(=O)[C@@H]2[C@H](C(=O)Nc3ccccc3)[C@@H]3CCC2(O3)C1C(=O)NCn1nnc2ccccc21. The number of anilines is 1. The molecule has 6 rings (SSSR count). The third-order valence-electron chi connectivity index (χ3n) is 7.89. The number of rotatable bonds is 7. The van der Waals surface area contributed by atoms with Crippen LogP contribution in [-0.2, 0) is 25.8 Å². The first-order valence-electron chi connectivity index (χ1n) is 12.5. The van der Waals surface area contributed by atoms with Crippen LogP contribution in [0.5, 0.6) is 0 Å². The Balaban J connectivity index is 1.29. The molecule has 3 aliphatic heterocycles. The molecular weight excluding hydrogens is 476 g/mol. The maximum Gasteiger partial charge on any atom is 0.247 e. The van der Waals surface area contributed by atoms with Crippen LogP contribution in [0.2, 0.25) is 0 Å². The Morgan fingerprint density at radius 2 is 1.92 bits per heavy atom. The number of benzene rings is 2. The summed E-state index contributed by atoms with van der Waals surface area (Å²) in [6, 6.07) is 14.8. The Bertz CT molecular complexity index is 1360. The van der Waals surface area contributed by atoms with Gasteiger partial charge in [-0.1, -0.05) is 35.5 Å². The molecule has 0 radical (unpaired) electrons. The number of nitrogens with zero attached hydrogens (tertiary/aromatic N) is 4. The third-order valence-corrected chi connectivity index (χ3v) is 7.89. The van der Waals surface area contributed by atoms with Gasteiger partial charge in [-0.25, -0.2) is 4.68 Å². The van der Waals surface area contributed by atoms with E-state index in [1.165, 1.54) is 4.90 Å². The number of hydrogen-bond acceptors (Lipinski definition) is 7. The molecule has 1 aromatic heterocycles. The smallest absolute Gasteiger partial charge is 0.247 e. The van der Waals surface area contributed by atoms with E-state index in [-0.39, 0.29) is 25.1 Å². The monoisotopic (exact) mass is 504 g/mol. The van der Waals surface area contributed by atoms with Gasteiger partial charge >= 0.3 is 0 Å². The zero-order chi connectivity index (χ0) is 25.7. The molecular formula is C26H28N6O5. The molecule has 2 aromatic carbocycles. The van der Waals surface area contributed by atoms with E-state index >= 15 is 0 Å². The molecule has 6 atom stereocenters. The summed E-state index contributed by atoms with van der Waals surface area (Å²) in [7, 11) is 0. The Labute approximate surface area is 212 Å². The van der Waals surface area contributed by atoms with Gasteiger partial charge < -0.3 is 25.4 Å². The maximum atomic E-state index is 13.8. The highest BCUT2D eigenvalue weighted by Crippen LogP contribution is 2.58. The van der Waals surface area contributed by atoms with Crippen LogP contribution >= 0.6 is 0 Å². The summed E-state index contributed by atoms with van der Waals surface area (Å²) in [5.41, 5.74) is 0.951. The lowest BCUT2D eigenvalue weighted by Gasteiger charge is -2.35. The zero-order valence-electron chi connectivity index (χ0n) is 20.3. The molecule has 3 saturated heterocycles. The Morgan fingerprint density at radius 3 is 2.70 bits per heavy atom. The van der Waals surface area contributed by atoms with Gasteiger partial charge in [-0.2, -0.15) is 0 Å². The number of aromatic nitrogens is 3. The van der Waals surface area contributed by atoms with Crippen molar-refractivity contribution in [3.63, 3.8) is 0 Å². The topological polar surface area (TPSA) is 139 Å². The second-order valence-corrected chi connectivity index (χ2v) is 9.97. The molecule has 3 amide bonds. The minimum absolute atomic E-state index is 0.0491. The normalized spacial score (nSPS) is 28.9. The van der Waals surface area contributed by atoms with Crippen molar-refractivity contribution in [2.24, 2.45) is 11.8 Å². The van der Waals surface area contributed by atoms with Crippen LogP contribution in [0, 0.1) is 11.8 Å². The molecule has 2 unspecified atom stereocenters. The molecule has 11 nitrogen and oxygen atoms in total. The van der Waals surface area contributed by atoms with Crippen molar-refractivity contribution in [3.05, 3.63) is 54.6 Å². The molecule has 1 spiro atoms. The molecule has 2 bridgehead atoms. The first kappa shape index (κ1) is 23.6. The number of hydrogen-bond donors (Lipinski definition) is 3. The summed E-state index contributed by atoms with van der Waals surface area (Å²) in [4.78, 5) is 42.3. The lowest BCUT2D eigenvalue weighted by molar-refractivity contribution is -0.144. The van der Waals surface area contributed by atoms with Crippen molar-refractivity contribution in [3.8, 4) is 0 Å². The number of amides is 3. The van der Waals surface area contributed by atoms with E-state index in [9.17, 15) is 19.5 Å². The Kier molecular flexibility index (Phi) is 5.68. The van der Waals surface area contributed by atoms with E-state index in [4.69, 9.17) is 4.74 Å². The van der Waals surface area contributed by atoms with Crippen molar-refractivity contribution >= 4 is 34.4 Å². The summed E-state index contributed by atoms with van der Waals surface area (Å²) in [5, 5.41) is 24.0. The number of likely N-dealkylation sites (tertiary alicyclic amines) is 1. The average Bonchev–Trinajstić information content (AvgIpc) is 3.66. The highest BCUT2D eigenvalue weighted by Gasteiger charge is 2.74. The summed E-state index contributed by atoms with van der Waals surface area (Å²) in [5.74, 6) is -2.61. The van der Waals surface area contributed by atoms with E-state index in [1.54, 1.807) is 23.7 Å². The highest BCUT2D eigenvalue weighted by molar-refractivity contribution is 6.02. The number of ether oxygens (including phenoxy) is 1. The van der Waals surface area contributed by atoms with Crippen molar-refractivity contribution in [1.82, 2.24) is 25.2 Å². The van der Waals surface area contributed by atoms with Gasteiger partial charge in [-0.15, -0.1) is 5.10 Å². The zero-order valence-corrected chi connectivity index (χ0v) is 20.3. The van der Waals surface area contributed by atoms with Gasteiger partial charge in [0.1, 0.15) is 23.8 Å². The van der Waals surface area contributed by atoms with E-state index < -0.39 is 41.5 Å². The lowest BCUT2D eigenvalue weighted by atomic mass is 9.70. The fourth-order valence-electron chi connectivity index (χ4n) is 6.28. The van der Waals surface area contributed by atoms with Gasteiger partial charge in [0.05, 0.1) is 36.1 Å². The molecule has 37 heavy (non-hydrogen) atoms. The summed E-state index contributed by atoms with van der Waals surface area (Å²) in [6.07, 6.45) is 0.580. The predicted octanol–water partition coefficient (Wildman–Crippen LogP) is 0.899. The standard InChI is InChI=1S/C26H28N6O5/c1-15(13-33)32-22(24(35)27-14-31-18-10-6-5-9-17(18)29-30-31)26-12-11-19(37-26)20(21(26)25(32)36)23(34)28-16-7-3-2-4-8-16/h2-10,15,19-22,33H,11-14H2,1H3,(H,27,35)(H,28,34)/t15-,19+,20-,21+,22?,26?/m1/s1. The Hall–Kier alpha value is -3.83. The molecule has 0 aliphatic carbocycles. The average molecular weight is 505 g/mol. The minimum atomic E-state index is -1.14. The molecule has 11 heteroatoms. The number of carbonyl (C=O) groups excluding carboxylic acids is 3. The van der Waals surface area contributed by atoms with Gasteiger partial charge in [0.25, 0.3) is 0 Å². The van der Waals surface area contributed by atoms with Crippen LogP contribution < -0.4 is 10.6 Å². The van der Waals surface area contributed by atoms with Crippen molar-refractivity contribution in [2.75, 3.05) is 11.9 Å². The van der Waals surface area contributed by atoms with Gasteiger partial charge in [-0.3, -0.25) is 14.4 Å². The van der Waals surface area contributed by atoms with Crippen LogP contribution in [0.15, 0.2) is 54.6 Å². The molecule has 4 heterocycles. The summed E-state index contributed by atoms with van der Waals surface area (Å²) < 4.78 is 7.96. The Morgan fingerprint density at radius 1 is 1.16 bits per heavy atom. The molecule has 192 valence electrons. The van der Waals surface area contributed by atoms with Crippen LogP contribution in [-0.4, -0.2) is 73.1 Å². The fourth-order valence-corrected chi connectivity index (χ4v) is 6.28. The predicted molar refractivity (Wildman–Crippen MR) is 132 cm³/mol. The minimum Gasteiger partial charge on any atom is -0.394 e. The lowest BCUT2D eigenvalue weighted by Crippen LogP contribution is -2.57. The van der Waals surface area contributed by atoms with Gasteiger partial charge in [-0.05, 0) is 44.0 Å². The second-order valence-electron chi connectivity index (χ2n) is 9.97. The number of para-hydroxylation sites is 2. The third kappa shape index (κ3) is 3.60. The second kappa shape index (κ2) is 8.93. The molecule has 3 aromatic rings. The van der Waals surface area contributed by atoms with Crippen molar-refractivity contribution in [1.29, 1.82) is 0 Å². The number of aliphatic hydroxyl groups excluding tert-OH is 1. The van der Waals surface area contributed by atoms with Crippen molar-refractivity contribution < 1.29 is 24.2 Å². The van der Waals surface area contributed by atoms with Crippen LogP contribution in [0.1, 0.15) is 19.8 Å². The number of carbonyl (C=O) groups is 3. The quantitative estimate of drug-likeness (QED) is 0.435. The fraction of sp³-hybridized carbons (Fsp3) is 0.423. The highest BCUT2D eigenvalue weighted by atomic mass is 16.5. The van der Waals surface area contributed by atoms with Gasteiger partial charge in [0, 0.05) is 5.69 Å². The summed E-state index contributed by atoms with van der Waals surface area (Å²) >= 11 is 0. The number of fused-ring (bicyclic) bond motifs is 2. The maximum absolute atomic E-state index is 13.8. The van der Waals surface area contributed by atoms with Gasteiger partial charge in [0.15, 0.2) is 0 Å². The van der Waals surface area contributed by atoms with Crippen LogP contribution in [0.4, 0.5) is 5.69 Å². The molecule has 3 fully saturated rings. The first-order chi connectivity index (χ1) is 17.9. The van der Waals surface area contributed by atoms with E-state index in [2.05, 4.69) is 20.9 Å². The van der Waals surface area contributed by atoms with Crippen LogP contribution in [0.25, 0.3) is 11.0 Å². The van der Waals surface area contributed by atoms with Gasteiger partial charge in [0.2, 0.25) is 17.7 Å². The molecule has 3 aliphatic rings. The van der Waals surface area contributed by atoms with E-state index in [0.717, 1.165) is 5.52 Å². The number of aliphatic hydroxyl groups is 1. The van der Waals surface area contributed by atoms with E-state index in [1.807, 2.05) is 42.5 Å². The number of nitrogens with one attached hydrogen (secondary N) is 2. The largest absolute Gasteiger partial charge is 0.394 e. The summed E-state index contributed by atoms with van der Waals surface area (Å²) in [6.45, 7) is 1.41. The molecule has 3 N–H and O–H groups in total. The first-order valence-corrected chi connectivity index (χ1v) is 12.5. The molecule has 0 saturated carbocycles.